The number of hydrogen-bond acceptors (Lipinski definition) is 3. The zero-order chi connectivity index (χ0) is 26.3. The van der Waals surface area contributed by atoms with Crippen LogP contribution < -0.4 is 5.32 Å². The number of hydrogen-bond donors (Lipinski definition) is 1. The summed E-state index contributed by atoms with van der Waals surface area (Å²) in [5.74, 6) is 0.673. The van der Waals surface area contributed by atoms with Crippen molar-refractivity contribution in [2.75, 3.05) is 16.8 Å². The maximum atomic E-state index is 14.2. The molecule has 9 heteroatoms. The Morgan fingerprint density at radius 1 is 1.03 bits per heavy atom. The first-order valence-electron chi connectivity index (χ1n) is 11.9. The van der Waals surface area contributed by atoms with E-state index in [1.165, 1.54) is 0 Å². The van der Waals surface area contributed by atoms with Gasteiger partial charge in [-0.05, 0) is 66.3 Å². The first kappa shape index (κ1) is 25.3. The number of fused-ring (bicyclic) bond motifs is 1. The fraction of sp³-hybridized carbons (Fsp3) is 0.286. The molecule has 1 amide bonds. The molecule has 2 heterocycles. The minimum Gasteiger partial charge on any atom is -0.331 e. The molecule has 3 aromatic carbocycles. The van der Waals surface area contributed by atoms with E-state index in [4.69, 9.17) is 0 Å². The van der Waals surface area contributed by atoms with Crippen LogP contribution in [0.2, 0.25) is 0 Å². The molecule has 0 radical (unpaired) electrons. The molecule has 1 N–H and O–H groups in total. The van der Waals surface area contributed by atoms with Crippen molar-refractivity contribution >= 4 is 34.4 Å². The van der Waals surface area contributed by atoms with Gasteiger partial charge in [0, 0.05) is 24.5 Å². The summed E-state index contributed by atoms with van der Waals surface area (Å²) in [6.45, 7) is 1.98. The molecule has 1 fully saturated rings. The van der Waals surface area contributed by atoms with Gasteiger partial charge in [0.2, 0.25) is 5.91 Å². The number of carbonyl (C=O) groups is 1. The number of nitrogens with one attached hydrogen (secondary N) is 1. The number of anilines is 1. The Morgan fingerprint density at radius 2 is 1.76 bits per heavy atom. The van der Waals surface area contributed by atoms with Crippen molar-refractivity contribution in [3.63, 3.8) is 0 Å². The molecule has 1 aliphatic heterocycles. The van der Waals surface area contributed by atoms with Crippen molar-refractivity contribution in [3.05, 3.63) is 83.4 Å². The first-order chi connectivity index (χ1) is 17.6. The molecule has 192 valence electrons. The summed E-state index contributed by atoms with van der Waals surface area (Å²) in [6, 6.07) is 16.6. The molecule has 1 saturated heterocycles. The third-order valence-corrected chi connectivity index (χ3v) is 8.23. The van der Waals surface area contributed by atoms with Gasteiger partial charge in [0.25, 0.3) is 0 Å². The monoisotopic (exact) mass is 527 g/mol. The highest BCUT2D eigenvalue weighted by Gasteiger charge is 2.32. The summed E-state index contributed by atoms with van der Waals surface area (Å²) < 4.78 is 54.7. The van der Waals surface area contributed by atoms with E-state index >= 15 is 0 Å². The van der Waals surface area contributed by atoms with Gasteiger partial charge in [0.15, 0.2) is 0 Å². The van der Waals surface area contributed by atoms with Crippen molar-refractivity contribution in [3.8, 4) is 11.1 Å². The van der Waals surface area contributed by atoms with Crippen LogP contribution in [0.3, 0.4) is 0 Å². The summed E-state index contributed by atoms with van der Waals surface area (Å²) in [7, 11) is 1.99. The number of benzene rings is 3. The second-order valence-corrected chi connectivity index (χ2v) is 10.5. The maximum Gasteiger partial charge on any atom is 0.416 e. The Labute approximate surface area is 216 Å². The summed E-state index contributed by atoms with van der Waals surface area (Å²) in [6.07, 6.45) is -4.06. The molecule has 2 atom stereocenters. The summed E-state index contributed by atoms with van der Waals surface area (Å²) in [5.41, 5.74) is 3.96. The van der Waals surface area contributed by atoms with Crippen molar-refractivity contribution in [2.24, 2.45) is 13.0 Å². The van der Waals surface area contributed by atoms with Gasteiger partial charge in [0.1, 0.15) is 11.6 Å². The number of nitrogens with zero attached hydrogens (tertiary/aromatic N) is 2. The topological polar surface area (TPSA) is 46.9 Å². The van der Waals surface area contributed by atoms with E-state index < -0.39 is 17.6 Å². The highest BCUT2D eigenvalue weighted by Crippen LogP contribution is 2.37. The Hall–Kier alpha value is -3.33. The summed E-state index contributed by atoms with van der Waals surface area (Å²) >= 11 is 1.65. The second kappa shape index (κ2) is 9.85. The Kier molecular flexibility index (Phi) is 6.74. The summed E-state index contributed by atoms with van der Waals surface area (Å²) in [5, 5.41) is 2.48. The van der Waals surface area contributed by atoms with Crippen LogP contribution in [0.15, 0.2) is 60.7 Å². The minimum absolute atomic E-state index is 0.141. The van der Waals surface area contributed by atoms with Crippen LogP contribution in [0, 0.1) is 18.7 Å². The number of halogens is 4. The smallest absolute Gasteiger partial charge is 0.331 e. The van der Waals surface area contributed by atoms with Gasteiger partial charge in [-0.15, -0.1) is 0 Å². The molecule has 1 aromatic heterocycles. The van der Waals surface area contributed by atoms with Gasteiger partial charge in [0.05, 0.1) is 22.3 Å². The highest BCUT2D eigenvalue weighted by atomic mass is 32.2. The predicted octanol–water partition coefficient (Wildman–Crippen LogP) is 7.18. The molecule has 4 nitrogen and oxygen atoms in total. The fourth-order valence-electron chi connectivity index (χ4n) is 4.72. The lowest BCUT2D eigenvalue weighted by atomic mass is 9.89. The van der Waals surface area contributed by atoms with E-state index in [1.54, 1.807) is 11.8 Å². The Morgan fingerprint density at radius 3 is 2.46 bits per heavy atom. The van der Waals surface area contributed by atoms with Gasteiger partial charge in [-0.25, -0.2) is 9.37 Å². The van der Waals surface area contributed by atoms with Crippen LogP contribution in [0.25, 0.3) is 22.2 Å². The number of thioether (sulfide) groups is 1. The molecule has 5 rings (SSSR count). The Balaban J connectivity index is 1.27. The fourth-order valence-corrected chi connectivity index (χ4v) is 6.04. The number of imidazole rings is 1. The predicted molar refractivity (Wildman–Crippen MR) is 139 cm³/mol. The van der Waals surface area contributed by atoms with Crippen molar-refractivity contribution in [1.82, 2.24) is 9.55 Å². The maximum absolute atomic E-state index is 14.2. The minimum atomic E-state index is -4.64. The average molecular weight is 528 g/mol. The van der Waals surface area contributed by atoms with E-state index in [1.807, 2.05) is 14.0 Å². The number of amides is 1. The van der Waals surface area contributed by atoms with Gasteiger partial charge < -0.3 is 9.88 Å². The number of aryl methyl sites for hydroxylation is 2. The van der Waals surface area contributed by atoms with Crippen LogP contribution in [0.5, 0.6) is 0 Å². The van der Waals surface area contributed by atoms with Gasteiger partial charge in [-0.1, -0.05) is 30.3 Å². The van der Waals surface area contributed by atoms with Crippen LogP contribution in [0.1, 0.15) is 29.3 Å². The third-order valence-electron chi connectivity index (χ3n) is 6.95. The molecule has 2 unspecified atom stereocenters. The normalized spacial score (nSPS) is 18.2. The molecule has 4 aromatic rings. The average Bonchev–Trinajstić information content (AvgIpc) is 3.17. The van der Waals surface area contributed by atoms with Gasteiger partial charge in [-0.3, -0.25) is 4.79 Å². The molecule has 0 spiro atoms. The molecular formula is C28H25F4N3OS. The molecular weight excluding hydrogens is 502 g/mol. The number of aromatic nitrogens is 2. The second-order valence-electron chi connectivity index (χ2n) is 9.39. The van der Waals surface area contributed by atoms with E-state index in [2.05, 4.69) is 57.3 Å². The zero-order valence-electron chi connectivity index (χ0n) is 20.3. The number of alkyl halides is 3. The molecule has 0 bridgehead atoms. The lowest BCUT2D eigenvalue weighted by Crippen LogP contribution is -2.30. The highest BCUT2D eigenvalue weighted by molar-refractivity contribution is 7.99. The van der Waals surface area contributed by atoms with Crippen molar-refractivity contribution in [1.29, 1.82) is 0 Å². The molecule has 0 aliphatic carbocycles. The van der Waals surface area contributed by atoms with Crippen LogP contribution in [-0.2, 0) is 18.0 Å². The van der Waals surface area contributed by atoms with Crippen LogP contribution >= 0.6 is 11.8 Å². The van der Waals surface area contributed by atoms with Crippen molar-refractivity contribution in [2.45, 2.75) is 25.4 Å². The van der Waals surface area contributed by atoms with Crippen LogP contribution in [0.4, 0.5) is 23.2 Å². The third kappa shape index (κ3) is 5.23. The molecule has 0 saturated carbocycles. The lowest BCUT2D eigenvalue weighted by Gasteiger charge is -2.28. The van der Waals surface area contributed by atoms with Gasteiger partial charge in [-0.2, -0.15) is 24.9 Å². The first-order valence-corrected chi connectivity index (χ1v) is 13.0. The standard InChI is InChI=1S/C28H25F4N3OS/c1-16-33-25-12-19(7-10-26(25)35(16)2)17-3-5-18(6-4-17)20-11-21(15-37-14-20)27(36)34-24-9-8-22(13-23(24)29)28(30,31)32/h3-10,12-13,20-21H,11,14-15H2,1-2H3,(H,34,36). The van der Waals surface area contributed by atoms with E-state index in [0.717, 1.165) is 51.4 Å². The molecule has 37 heavy (non-hydrogen) atoms. The Bertz CT molecular complexity index is 1460. The van der Waals surface area contributed by atoms with Gasteiger partial charge >= 0.3 is 6.18 Å². The zero-order valence-corrected chi connectivity index (χ0v) is 21.1. The molecule has 1 aliphatic rings. The quantitative estimate of drug-likeness (QED) is 0.286. The van der Waals surface area contributed by atoms with E-state index in [0.29, 0.717) is 18.2 Å². The summed E-state index contributed by atoms with van der Waals surface area (Å²) in [4.78, 5) is 17.4. The SMILES string of the molecule is Cc1nc2cc(-c3ccc(C4CSCC(C(=O)Nc5ccc(C(F)(F)F)cc5F)C4)cc3)ccc2n1C. The van der Waals surface area contributed by atoms with E-state index in [9.17, 15) is 22.4 Å². The lowest BCUT2D eigenvalue weighted by molar-refractivity contribution is -0.137. The van der Waals surface area contributed by atoms with Crippen LogP contribution in [-0.4, -0.2) is 27.0 Å². The number of carbonyl (C=O) groups excluding carboxylic acids is 1. The van der Waals surface area contributed by atoms with E-state index in [-0.39, 0.29) is 23.4 Å². The number of rotatable bonds is 4. The largest absolute Gasteiger partial charge is 0.416 e. The van der Waals surface area contributed by atoms with Crippen molar-refractivity contribution < 1.29 is 22.4 Å².